The van der Waals surface area contributed by atoms with Crippen molar-refractivity contribution < 1.29 is 28.6 Å². The van der Waals surface area contributed by atoms with Crippen molar-refractivity contribution >= 4 is 23.6 Å². The monoisotopic (exact) mass is 489 g/mol. The molecule has 8 heteroatoms. The van der Waals surface area contributed by atoms with Crippen molar-refractivity contribution in [1.82, 2.24) is 4.90 Å². The summed E-state index contributed by atoms with van der Waals surface area (Å²) in [4.78, 5) is 25.4. The van der Waals surface area contributed by atoms with Gasteiger partial charge in [-0.3, -0.25) is 9.59 Å². The van der Waals surface area contributed by atoms with Gasteiger partial charge in [0.2, 0.25) is 5.91 Å². The zero-order valence-electron chi connectivity index (χ0n) is 19.5. The Morgan fingerprint density at radius 2 is 1.97 bits per heavy atom. The van der Waals surface area contributed by atoms with E-state index in [9.17, 15) is 19.1 Å². The molecular formula is C26H32FNO5S. The number of carbonyl (C=O) groups is 2. The molecule has 0 aromatic heterocycles. The molecule has 0 bridgehead atoms. The Kier molecular flexibility index (Phi) is 10.2. The Labute approximate surface area is 204 Å². The normalized spacial score (nSPS) is 16.5. The molecule has 34 heavy (non-hydrogen) atoms. The van der Waals surface area contributed by atoms with Gasteiger partial charge in [0.05, 0.1) is 13.2 Å². The molecule has 1 fully saturated rings. The summed E-state index contributed by atoms with van der Waals surface area (Å²) < 4.78 is 23.8. The van der Waals surface area contributed by atoms with Gasteiger partial charge in [0, 0.05) is 37.2 Å². The predicted octanol–water partition coefficient (Wildman–Crippen LogP) is 5.11. The van der Waals surface area contributed by atoms with E-state index in [2.05, 4.69) is 4.74 Å². The standard InChI is InChI=1S/C26H32FNO5S/c1-32-26(31)9-4-15-34-16-14-28-21(11-13-25(28)30)10-12-24(29)19-5-2-7-22(17-19)33-23-8-3-6-20(27)18-23/h2-3,5-8,17-18,21,24,29H,4,9-16H2,1H3/t21-,24?/m0/s1. The second kappa shape index (κ2) is 13.3. The van der Waals surface area contributed by atoms with Crippen LogP contribution in [-0.2, 0) is 14.3 Å². The van der Waals surface area contributed by atoms with Gasteiger partial charge in [0.15, 0.2) is 0 Å². The summed E-state index contributed by atoms with van der Waals surface area (Å²) in [6, 6.07) is 13.2. The van der Waals surface area contributed by atoms with Crippen LogP contribution in [0, 0.1) is 5.82 Å². The molecule has 1 amide bonds. The second-order valence-corrected chi connectivity index (χ2v) is 9.52. The summed E-state index contributed by atoms with van der Waals surface area (Å²) in [5.41, 5.74) is 0.728. The average molecular weight is 490 g/mol. The third kappa shape index (κ3) is 8.02. The average Bonchev–Trinajstić information content (AvgIpc) is 3.18. The number of thioether (sulfide) groups is 1. The van der Waals surface area contributed by atoms with Crippen LogP contribution in [-0.4, -0.2) is 53.1 Å². The fraction of sp³-hybridized carbons (Fsp3) is 0.462. The molecular weight excluding hydrogens is 457 g/mol. The summed E-state index contributed by atoms with van der Waals surface area (Å²) in [7, 11) is 1.39. The van der Waals surface area contributed by atoms with Crippen molar-refractivity contribution in [3.63, 3.8) is 0 Å². The quantitative estimate of drug-likeness (QED) is 0.311. The molecule has 1 heterocycles. The summed E-state index contributed by atoms with van der Waals surface area (Å²) >= 11 is 1.73. The van der Waals surface area contributed by atoms with E-state index >= 15 is 0 Å². The van der Waals surface area contributed by atoms with Crippen LogP contribution in [0.1, 0.15) is 50.2 Å². The van der Waals surface area contributed by atoms with Crippen molar-refractivity contribution in [3.05, 3.63) is 59.9 Å². The number of aliphatic hydroxyl groups excluding tert-OH is 1. The van der Waals surface area contributed by atoms with E-state index in [1.807, 2.05) is 11.0 Å². The van der Waals surface area contributed by atoms with Gasteiger partial charge in [-0.2, -0.15) is 11.8 Å². The van der Waals surface area contributed by atoms with Crippen LogP contribution in [0.3, 0.4) is 0 Å². The number of likely N-dealkylation sites (tertiary alicyclic amines) is 1. The van der Waals surface area contributed by atoms with Gasteiger partial charge in [0.1, 0.15) is 17.3 Å². The number of hydrogen-bond acceptors (Lipinski definition) is 6. The lowest BCUT2D eigenvalue weighted by Gasteiger charge is -2.25. The van der Waals surface area contributed by atoms with E-state index in [0.717, 1.165) is 36.3 Å². The van der Waals surface area contributed by atoms with Crippen LogP contribution in [0.25, 0.3) is 0 Å². The Morgan fingerprint density at radius 3 is 2.74 bits per heavy atom. The van der Waals surface area contributed by atoms with Crippen LogP contribution in [0.5, 0.6) is 11.5 Å². The molecule has 0 spiro atoms. The van der Waals surface area contributed by atoms with Crippen molar-refractivity contribution in [1.29, 1.82) is 0 Å². The highest BCUT2D eigenvalue weighted by atomic mass is 32.2. The maximum absolute atomic E-state index is 13.4. The van der Waals surface area contributed by atoms with E-state index in [1.54, 1.807) is 42.1 Å². The van der Waals surface area contributed by atoms with E-state index in [-0.39, 0.29) is 23.7 Å². The first kappa shape index (κ1) is 26.0. The number of esters is 1. The Balaban J connectivity index is 1.45. The van der Waals surface area contributed by atoms with Gasteiger partial charge in [0.25, 0.3) is 0 Å². The number of halogens is 1. The molecule has 1 aliphatic rings. The molecule has 0 saturated carbocycles. The third-order valence-corrected chi connectivity index (χ3v) is 6.92. The van der Waals surface area contributed by atoms with Crippen molar-refractivity contribution in [2.75, 3.05) is 25.2 Å². The maximum atomic E-state index is 13.4. The molecule has 6 nitrogen and oxygen atoms in total. The number of ether oxygens (including phenoxy) is 2. The number of methoxy groups -OCH3 is 1. The Morgan fingerprint density at radius 1 is 1.21 bits per heavy atom. The maximum Gasteiger partial charge on any atom is 0.305 e. The highest BCUT2D eigenvalue weighted by Gasteiger charge is 2.30. The molecule has 1 N–H and O–H groups in total. The summed E-state index contributed by atoms with van der Waals surface area (Å²) in [5.74, 6) is 2.21. The second-order valence-electron chi connectivity index (χ2n) is 8.30. The minimum atomic E-state index is -0.679. The van der Waals surface area contributed by atoms with Gasteiger partial charge >= 0.3 is 5.97 Å². The topological polar surface area (TPSA) is 76.1 Å². The number of hydrogen-bond donors (Lipinski definition) is 1. The van der Waals surface area contributed by atoms with E-state index in [0.29, 0.717) is 37.3 Å². The van der Waals surface area contributed by atoms with Crippen molar-refractivity contribution in [2.24, 2.45) is 0 Å². The van der Waals surface area contributed by atoms with E-state index < -0.39 is 6.10 Å². The zero-order valence-corrected chi connectivity index (χ0v) is 20.3. The molecule has 0 aliphatic carbocycles. The van der Waals surface area contributed by atoms with Crippen molar-refractivity contribution in [2.45, 2.75) is 50.7 Å². The number of aliphatic hydroxyl groups is 1. The highest BCUT2D eigenvalue weighted by Crippen LogP contribution is 2.30. The number of nitrogens with zero attached hydrogens (tertiary/aromatic N) is 1. The third-order valence-electron chi connectivity index (χ3n) is 5.87. The summed E-state index contributed by atoms with van der Waals surface area (Å²) in [6.45, 7) is 0.680. The van der Waals surface area contributed by atoms with Gasteiger partial charge in [-0.05, 0) is 61.3 Å². The Hall–Kier alpha value is -2.58. The van der Waals surface area contributed by atoms with Crippen LogP contribution < -0.4 is 4.74 Å². The van der Waals surface area contributed by atoms with Crippen LogP contribution in [0.4, 0.5) is 4.39 Å². The Bertz CT molecular complexity index is 956. The summed E-state index contributed by atoms with van der Waals surface area (Å²) in [6.07, 6.45) is 3.11. The molecule has 2 aromatic rings. The molecule has 3 rings (SSSR count). The first-order chi connectivity index (χ1) is 16.5. The fourth-order valence-corrected chi connectivity index (χ4v) is 4.93. The number of carbonyl (C=O) groups excluding carboxylic acids is 2. The fourth-order valence-electron chi connectivity index (χ4n) is 4.06. The molecule has 1 aliphatic heterocycles. The SMILES string of the molecule is COC(=O)CCCSCCN1C(=O)CC[C@@H]1CCC(O)c1cccc(Oc2cccc(F)c2)c1. The van der Waals surface area contributed by atoms with Gasteiger partial charge in [-0.25, -0.2) is 4.39 Å². The molecule has 1 saturated heterocycles. The van der Waals surface area contributed by atoms with E-state index in [4.69, 9.17) is 4.74 Å². The summed E-state index contributed by atoms with van der Waals surface area (Å²) in [5, 5.41) is 10.7. The van der Waals surface area contributed by atoms with Gasteiger partial charge in [-0.15, -0.1) is 0 Å². The minimum Gasteiger partial charge on any atom is -0.469 e. The smallest absolute Gasteiger partial charge is 0.305 e. The lowest BCUT2D eigenvalue weighted by molar-refractivity contribution is -0.140. The molecule has 0 radical (unpaired) electrons. The highest BCUT2D eigenvalue weighted by molar-refractivity contribution is 7.99. The van der Waals surface area contributed by atoms with E-state index in [1.165, 1.54) is 19.2 Å². The molecule has 2 atom stereocenters. The van der Waals surface area contributed by atoms with Gasteiger partial charge < -0.3 is 19.5 Å². The number of rotatable bonds is 13. The lowest BCUT2D eigenvalue weighted by Crippen LogP contribution is -2.35. The zero-order chi connectivity index (χ0) is 24.3. The van der Waals surface area contributed by atoms with Crippen LogP contribution >= 0.6 is 11.8 Å². The lowest BCUT2D eigenvalue weighted by atomic mass is 10.0. The number of benzene rings is 2. The predicted molar refractivity (Wildman–Crippen MR) is 130 cm³/mol. The number of amides is 1. The van der Waals surface area contributed by atoms with Crippen LogP contribution in [0.2, 0.25) is 0 Å². The first-order valence-electron chi connectivity index (χ1n) is 11.6. The molecule has 1 unspecified atom stereocenters. The molecule has 184 valence electrons. The van der Waals surface area contributed by atoms with Gasteiger partial charge in [-0.1, -0.05) is 18.2 Å². The van der Waals surface area contributed by atoms with Crippen LogP contribution in [0.15, 0.2) is 48.5 Å². The van der Waals surface area contributed by atoms with Crippen molar-refractivity contribution in [3.8, 4) is 11.5 Å². The minimum absolute atomic E-state index is 0.129. The molecule has 2 aromatic carbocycles. The first-order valence-corrected chi connectivity index (χ1v) is 12.8. The largest absolute Gasteiger partial charge is 0.469 e.